The number of rotatable bonds is 8. The molecule has 7 nitrogen and oxygen atoms in total. The van der Waals surface area contributed by atoms with Gasteiger partial charge in [-0.05, 0) is 13.0 Å². The lowest BCUT2D eigenvalue weighted by molar-refractivity contribution is -0.0638. The van der Waals surface area contributed by atoms with Crippen LogP contribution in [0.2, 0.25) is 0 Å². The zero-order valence-corrected chi connectivity index (χ0v) is 9.11. The molecule has 0 heterocycles. The average molecular weight is 243 g/mol. The van der Waals surface area contributed by atoms with E-state index in [2.05, 4.69) is 4.18 Å². The Morgan fingerprint density at radius 2 is 1.60 bits per heavy atom. The minimum Gasteiger partial charge on any atom is -0.393 e. The molecule has 0 fully saturated rings. The molecule has 0 rings (SSSR count). The van der Waals surface area contributed by atoms with Crippen LogP contribution in [0.4, 0.5) is 0 Å². The third-order valence-electron chi connectivity index (χ3n) is 1.77. The van der Waals surface area contributed by atoms with Crippen LogP contribution < -0.4 is 5.73 Å². The topological polar surface area (TPSA) is 130 Å². The first-order valence-electron chi connectivity index (χ1n) is 4.41. The number of aliphatic hydroxyl groups excluding tert-OH is 3. The van der Waals surface area contributed by atoms with Crippen molar-refractivity contribution in [2.24, 2.45) is 5.73 Å². The molecule has 0 bridgehead atoms. The molecule has 0 aromatic rings. The van der Waals surface area contributed by atoms with E-state index in [-0.39, 0.29) is 18.7 Å². The first-order valence-corrected chi connectivity index (χ1v) is 5.99. The maximum Gasteiger partial charge on any atom is 0.268 e. The largest absolute Gasteiger partial charge is 0.393 e. The molecule has 0 atom stereocenters. The molecule has 0 saturated heterocycles. The van der Waals surface area contributed by atoms with Gasteiger partial charge in [0, 0.05) is 0 Å². The molecule has 0 aromatic heterocycles. The van der Waals surface area contributed by atoms with Crippen LogP contribution in [0.15, 0.2) is 0 Å². The summed E-state index contributed by atoms with van der Waals surface area (Å²) in [5.74, 6) is -0.314. The first kappa shape index (κ1) is 14.8. The van der Waals surface area contributed by atoms with Gasteiger partial charge < -0.3 is 21.1 Å². The zero-order valence-electron chi connectivity index (χ0n) is 8.29. The molecular formula is C7H17NO6S. The highest BCUT2D eigenvalue weighted by molar-refractivity contribution is 7.86. The molecule has 0 aromatic carbocycles. The summed E-state index contributed by atoms with van der Waals surface area (Å²) in [7, 11) is -3.90. The maximum absolute atomic E-state index is 11.3. The van der Waals surface area contributed by atoms with Gasteiger partial charge in [0.05, 0.1) is 25.6 Å². The zero-order chi connectivity index (χ0) is 11.9. The summed E-state index contributed by atoms with van der Waals surface area (Å²) in [6.07, 6.45) is 0.209. The summed E-state index contributed by atoms with van der Waals surface area (Å²) in [6, 6.07) is 0. The van der Waals surface area contributed by atoms with E-state index in [0.29, 0.717) is 0 Å². The van der Waals surface area contributed by atoms with Crippen molar-refractivity contribution in [3.8, 4) is 0 Å². The van der Waals surface area contributed by atoms with Crippen molar-refractivity contribution in [2.75, 3.05) is 32.1 Å². The van der Waals surface area contributed by atoms with E-state index < -0.39 is 35.5 Å². The van der Waals surface area contributed by atoms with Crippen LogP contribution in [0.5, 0.6) is 0 Å². The second-order valence-electron chi connectivity index (χ2n) is 3.14. The van der Waals surface area contributed by atoms with E-state index in [1.807, 2.05) is 0 Å². The maximum atomic E-state index is 11.3. The van der Waals surface area contributed by atoms with E-state index in [1.165, 1.54) is 0 Å². The second kappa shape index (κ2) is 6.36. The Morgan fingerprint density at radius 3 is 1.93 bits per heavy atom. The average Bonchev–Trinajstić information content (AvgIpc) is 2.23. The molecule has 0 aliphatic heterocycles. The lowest BCUT2D eigenvalue weighted by Gasteiger charge is -2.26. The van der Waals surface area contributed by atoms with Gasteiger partial charge in [0.2, 0.25) is 0 Å². The van der Waals surface area contributed by atoms with E-state index in [9.17, 15) is 8.42 Å². The van der Waals surface area contributed by atoms with Crippen LogP contribution >= 0.6 is 0 Å². The third-order valence-corrected chi connectivity index (χ3v) is 3.16. The Balaban J connectivity index is 4.52. The van der Waals surface area contributed by atoms with Crippen molar-refractivity contribution >= 4 is 10.1 Å². The first-order chi connectivity index (χ1) is 6.95. The van der Waals surface area contributed by atoms with Crippen molar-refractivity contribution in [1.82, 2.24) is 0 Å². The van der Waals surface area contributed by atoms with Crippen molar-refractivity contribution in [3.05, 3.63) is 0 Å². The molecule has 5 N–H and O–H groups in total. The van der Waals surface area contributed by atoms with E-state index in [4.69, 9.17) is 21.1 Å². The van der Waals surface area contributed by atoms with Crippen LogP contribution in [0.25, 0.3) is 0 Å². The van der Waals surface area contributed by atoms with Gasteiger partial charge in [0.1, 0.15) is 0 Å². The molecule has 8 heteroatoms. The van der Waals surface area contributed by atoms with Crippen molar-refractivity contribution in [3.63, 3.8) is 0 Å². The van der Waals surface area contributed by atoms with E-state index in [0.717, 1.165) is 0 Å². The van der Waals surface area contributed by atoms with Gasteiger partial charge in [0.15, 0.2) is 5.60 Å². The summed E-state index contributed by atoms with van der Waals surface area (Å²) >= 11 is 0. The number of nitrogens with two attached hydrogens (primary N) is 1. The van der Waals surface area contributed by atoms with E-state index >= 15 is 0 Å². The van der Waals surface area contributed by atoms with Crippen LogP contribution in [-0.4, -0.2) is 61.5 Å². The normalized spacial score (nSPS) is 13.1. The molecule has 15 heavy (non-hydrogen) atoms. The monoisotopic (exact) mass is 243 g/mol. The molecule has 0 aliphatic rings. The highest BCUT2D eigenvalue weighted by Gasteiger charge is 2.34. The van der Waals surface area contributed by atoms with E-state index in [1.54, 1.807) is 0 Å². The fourth-order valence-corrected chi connectivity index (χ4v) is 2.10. The van der Waals surface area contributed by atoms with Gasteiger partial charge in [0.25, 0.3) is 10.1 Å². The van der Waals surface area contributed by atoms with Crippen molar-refractivity contribution in [2.45, 2.75) is 12.0 Å². The molecule has 0 spiro atoms. The number of hydrogen-bond donors (Lipinski definition) is 4. The lowest BCUT2D eigenvalue weighted by atomic mass is 10.1. The van der Waals surface area contributed by atoms with Crippen LogP contribution in [-0.2, 0) is 14.3 Å². The second-order valence-corrected chi connectivity index (χ2v) is 4.83. The summed E-state index contributed by atoms with van der Waals surface area (Å²) in [5, 5.41) is 26.5. The minimum atomic E-state index is -3.90. The van der Waals surface area contributed by atoms with Crippen molar-refractivity contribution in [1.29, 1.82) is 0 Å². The van der Waals surface area contributed by atoms with Crippen LogP contribution in [0, 0.1) is 0 Å². The molecule has 0 unspecified atom stereocenters. The third kappa shape index (κ3) is 4.87. The van der Waals surface area contributed by atoms with Gasteiger partial charge in [-0.3, -0.25) is 4.18 Å². The summed E-state index contributed by atoms with van der Waals surface area (Å²) in [4.78, 5) is 0. The summed E-state index contributed by atoms with van der Waals surface area (Å²) in [5.41, 5.74) is 3.28. The minimum absolute atomic E-state index is 0.187. The predicted octanol–water partition coefficient (Wildman–Crippen LogP) is -2.60. The lowest BCUT2D eigenvalue weighted by Crippen LogP contribution is -2.46. The standard InChI is InChI=1S/C7H17NO6S/c8-2-1-3-15(12,13)14-7(4-9,5-10)6-11/h9-11H,1-6,8H2. The van der Waals surface area contributed by atoms with Crippen LogP contribution in [0.3, 0.4) is 0 Å². The van der Waals surface area contributed by atoms with Gasteiger partial charge >= 0.3 is 0 Å². The number of aliphatic hydroxyl groups is 3. The van der Waals surface area contributed by atoms with Crippen molar-refractivity contribution < 1.29 is 27.9 Å². The van der Waals surface area contributed by atoms with Gasteiger partial charge in [-0.15, -0.1) is 0 Å². The molecular weight excluding hydrogens is 226 g/mol. The van der Waals surface area contributed by atoms with Gasteiger partial charge in [-0.25, -0.2) is 0 Å². The molecule has 0 radical (unpaired) electrons. The molecule has 0 aliphatic carbocycles. The predicted molar refractivity (Wildman–Crippen MR) is 52.5 cm³/mol. The Morgan fingerprint density at radius 1 is 1.13 bits per heavy atom. The summed E-state index contributed by atoms with van der Waals surface area (Å²) in [6.45, 7) is -2.18. The molecule has 0 saturated carbocycles. The Hall–Kier alpha value is -0.250. The highest BCUT2D eigenvalue weighted by Crippen LogP contribution is 2.13. The van der Waals surface area contributed by atoms with Crippen LogP contribution in [0.1, 0.15) is 6.42 Å². The fraction of sp³-hybridized carbons (Fsp3) is 1.00. The number of hydrogen-bond acceptors (Lipinski definition) is 7. The Kier molecular flexibility index (Phi) is 6.25. The summed E-state index contributed by atoms with van der Waals surface area (Å²) < 4.78 is 27.1. The SMILES string of the molecule is NCCCS(=O)(=O)OC(CO)(CO)CO. The Bertz CT molecular complexity index is 252. The van der Waals surface area contributed by atoms with Gasteiger partial charge in [-0.1, -0.05) is 0 Å². The fourth-order valence-electron chi connectivity index (χ4n) is 0.800. The molecule has 92 valence electrons. The van der Waals surface area contributed by atoms with Gasteiger partial charge in [-0.2, -0.15) is 8.42 Å². The molecule has 0 amide bonds. The quantitative estimate of drug-likeness (QED) is 0.344. The smallest absolute Gasteiger partial charge is 0.268 e. The highest BCUT2D eigenvalue weighted by atomic mass is 32.2. The Labute approximate surface area is 88.6 Å².